The maximum absolute atomic E-state index is 13.8. The van der Waals surface area contributed by atoms with E-state index in [1.54, 1.807) is 13.2 Å². The van der Waals surface area contributed by atoms with Gasteiger partial charge in [-0.05, 0) is 26.0 Å². The van der Waals surface area contributed by atoms with Crippen LogP contribution in [0.5, 0.6) is 0 Å². The number of likely N-dealkylation sites (N-methyl/N-ethyl adjacent to an activating group) is 1. The topological polar surface area (TPSA) is 38.5 Å². The summed E-state index contributed by atoms with van der Waals surface area (Å²) < 4.78 is 19.5. The Balaban J connectivity index is 2.20. The zero-order valence-corrected chi connectivity index (χ0v) is 12.4. The second kappa shape index (κ2) is 6.66. The quantitative estimate of drug-likeness (QED) is 0.901. The van der Waals surface area contributed by atoms with Crippen molar-refractivity contribution in [1.82, 2.24) is 4.90 Å². The second-order valence-electron chi connectivity index (χ2n) is 5.73. The molecule has 1 aromatic rings. The van der Waals surface area contributed by atoms with Crippen LogP contribution in [0.1, 0.15) is 31.2 Å². The molecule has 1 fully saturated rings. The van der Waals surface area contributed by atoms with Crippen LogP contribution in [0, 0.1) is 5.82 Å². The molecule has 20 heavy (non-hydrogen) atoms. The number of methoxy groups -OCH3 is 1. The van der Waals surface area contributed by atoms with Gasteiger partial charge < -0.3 is 10.5 Å². The summed E-state index contributed by atoms with van der Waals surface area (Å²) in [7, 11) is 3.77. The van der Waals surface area contributed by atoms with Crippen LogP contribution in [0.25, 0.3) is 0 Å². The summed E-state index contributed by atoms with van der Waals surface area (Å²) in [4.78, 5) is 2.18. The third-order valence-corrected chi connectivity index (χ3v) is 4.69. The molecule has 3 nitrogen and oxygen atoms in total. The van der Waals surface area contributed by atoms with Crippen molar-refractivity contribution >= 4 is 0 Å². The molecule has 4 heteroatoms. The zero-order chi connectivity index (χ0) is 14.6. The fourth-order valence-electron chi connectivity index (χ4n) is 3.39. The van der Waals surface area contributed by atoms with E-state index in [0.717, 1.165) is 19.3 Å². The van der Waals surface area contributed by atoms with Crippen LogP contribution in [0.3, 0.4) is 0 Å². The van der Waals surface area contributed by atoms with Crippen molar-refractivity contribution in [3.05, 3.63) is 35.6 Å². The molecule has 0 bridgehead atoms. The van der Waals surface area contributed by atoms with E-state index in [2.05, 4.69) is 4.90 Å². The average molecular weight is 280 g/mol. The van der Waals surface area contributed by atoms with Gasteiger partial charge in [0.1, 0.15) is 5.82 Å². The average Bonchev–Trinajstić information content (AvgIpc) is 2.49. The van der Waals surface area contributed by atoms with Gasteiger partial charge in [-0.15, -0.1) is 0 Å². The molecule has 2 rings (SSSR count). The number of ether oxygens (including phenoxy) is 1. The predicted octanol–water partition coefficient (Wildman–Crippen LogP) is 2.54. The van der Waals surface area contributed by atoms with E-state index >= 15 is 0 Å². The molecule has 0 radical (unpaired) electrons. The number of nitrogens with zero attached hydrogens (tertiary/aromatic N) is 1. The Labute approximate surface area is 120 Å². The molecule has 0 saturated heterocycles. The van der Waals surface area contributed by atoms with Gasteiger partial charge in [-0.1, -0.05) is 31.0 Å². The van der Waals surface area contributed by atoms with Gasteiger partial charge in [-0.2, -0.15) is 0 Å². The molecule has 0 amide bonds. The minimum Gasteiger partial charge on any atom is -0.379 e. The van der Waals surface area contributed by atoms with E-state index in [1.807, 2.05) is 19.2 Å². The highest BCUT2D eigenvalue weighted by Crippen LogP contribution is 2.35. The zero-order valence-electron chi connectivity index (χ0n) is 12.4. The predicted molar refractivity (Wildman–Crippen MR) is 78.9 cm³/mol. The van der Waals surface area contributed by atoms with Crippen molar-refractivity contribution in [2.24, 2.45) is 5.73 Å². The smallest absolute Gasteiger partial charge is 0.127 e. The Hall–Kier alpha value is -0.970. The van der Waals surface area contributed by atoms with E-state index in [-0.39, 0.29) is 17.5 Å². The molecule has 2 N–H and O–H groups in total. The normalized spacial score (nSPS) is 26.9. The highest BCUT2D eigenvalue weighted by Gasteiger charge is 2.43. The Morgan fingerprint density at radius 1 is 1.40 bits per heavy atom. The van der Waals surface area contributed by atoms with Crippen molar-refractivity contribution in [3.63, 3.8) is 0 Å². The van der Waals surface area contributed by atoms with Gasteiger partial charge in [0.05, 0.1) is 11.6 Å². The maximum atomic E-state index is 13.8. The molecule has 0 aliphatic heterocycles. The molecule has 0 aromatic heterocycles. The van der Waals surface area contributed by atoms with E-state index in [1.165, 1.54) is 12.5 Å². The number of nitrogens with two attached hydrogens (primary N) is 1. The molecule has 1 aliphatic rings. The van der Waals surface area contributed by atoms with Gasteiger partial charge in [0.2, 0.25) is 0 Å². The summed E-state index contributed by atoms with van der Waals surface area (Å²) in [5.41, 5.74) is 6.61. The maximum Gasteiger partial charge on any atom is 0.127 e. The molecule has 1 aromatic carbocycles. The largest absolute Gasteiger partial charge is 0.379 e. The minimum absolute atomic E-state index is 0.123. The Kier molecular flexibility index (Phi) is 5.13. The van der Waals surface area contributed by atoms with Crippen molar-refractivity contribution in [2.45, 2.75) is 43.9 Å². The van der Waals surface area contributed by atoms with E-state index in [9.17, 15) is 4.39 Å². The molecule has 2 atom stereocenters. The first kappa shape index (κ1) is 15.4. The summed E-state index contributed by atoms with van der Waals surface area (Å²) in [6.07, 6.45) is 4.48. The Bertz CT molecular complexity index is 440. The van der Waals surface area contributed by atoms with Crippen molar-refractivity contribution in [1.29, 1.82) is 0 Å². The highest BCUT2D eigenvalue weighted by molar-refractivity contribution is 5.18. The monoisotopic (exact) mass is 280 g/mol. The first-order valence-corrected chi connectivity index (χ1v) is 7.31. The van der Waals surface area contributed by atoms with E-state index in [0.29, 0.717) is 18.7 Å². The number of hydrogen-bond donors (Lipinski definition) is 1. The van der Waals surface area contributed by atoms with Crippen LogP contribution in [0.2, 0.25) is 0 Å². The lowest BCUT2D eigenvalue weighted by molar-refractivity contribution is -0.0690. The fourth-order valence-corrected chi connectivity index (χ4v) is 3.39. The number of hydrogen-bond acceptors (Lipinski definition) is 3. The minimum atomic E-state index is -0.185. The molecule has 0 heterocycles. The van der Waals surface area contributed by atoms with Gasteiger partial charge in [0.25, 0.3) is 0 Å². The SMILES string of the molecule is COC1CCCCC1(CN)N(C)Cc1ccccc1F. The van der Waals surface area contributed by atoms with Crippen LogP contribution in [0.4, 0.5) is 4.39 Å². The van der Waals surface area contributed by atoms with Crippen LogP contribution >= 0.6 is 0 Å². The van der Waals surface area contributed by atoms with Gasteiger partial charge in [-0.25, -0.2) is 4.39 Å². The van der Waals surface area contributed by atoms with Gasteiger partial charge in [-0.3, -0.25) is 4.90 Å². The molecule has 112 valence electrons. The lowest BCUT2D eigenvalue weighted by atomic mass is 9.77. The summed E-state index contributed by atoms with van der Waals surface area (Å²) in [6.45, 7) is 1.10. The molecule has 1 saturated carbocycles. The standard InChI is InChI=1S/C16H25FN2O/c1-19(11-13-7-3-4-8-14(13)17)16(12-18)10-6-5-9-15(16)20-2/h3-4,7-8,15H,5-6,9-12,18H2,1-2H3. The molecular formula is C16H25FN2O. The third kappa shape index (κ3) is 2.87. The first-order valence-electron chi connectivity index (χ1n) is 7.31. The number of benzene rings is 1. The van der Waals surface area contributed by atoms with Gasteiger partial charge in [0, 0.05) is 25.8 Å². The van der Waals surface area contributed by atoms with Crippen LogP contribution in [-0.4, -0.2) is 37.2 Å². The van der Waals surface area contributed by atoms with Gasteiger partial charge >= 0.3 is 0 Å². The fraction of sp³-hybridized carbons (Fsp3) is 0.625. The molecule has 2 unspecified atom stereocenters. The second-order valence-corrected chi connectivity index (χ2v) is 5.73. The van der Waals surface area contributed by atoms with Crippen LogP contribution in [0.15, 0.2) is 24.3 Å². The lowest BCUT2D eigenvalue weighted by Crippen LogP contribution is -2.61. The summed E-state index contributed by atoms with van der Waals surface area (Å²) in [5, 5.41) is 0. The molecule has 1 aliphatic carbocycles. The van der Waals surface area contributed by atoms with E-state index in [4.69, 9.17) is 10.5 Å². The van der Waals surface area contributed by atoms with Crippen LogP contribution < -0.4 is 5.73 Å². The summed E-state index contributed by atoms with van der Waals surface area (Å²) >= 11 is 0. The first-order chi connectivity index (χ1) is 9.64. The van der Waals surface area contributed by atoms with E-state index < -0.39 is 0 Å². The highest BCUT2D eigenvalue weighted by atomic mass is 19.1. The number of rotatable bonds is 5. The van der Waals surface area contributed by atoms with Gasteiger partial charge in [0.15, 0.2) is 0 Å². The van der Waals surface area contributed by atoms with Crippen molar-refractivity contribution in [2.75, 3.05) is 20.7 Å². The molecule has 0 spiro atoms. The number of halogens is 1. The lowest BCUT2D eigenvalue weighted by Gasteiger charge is -2.48. The third-order valence-electron chi connectivity index (χ3n) is 4.69. The Morgan fingerprint density at radius 2 is 2.15 bits per heavy atom. The molecular weight excluding hydrogens is 255 g/mol. The Morgan fingerprint density at radius 3 is 2.80 bits per heavy atom. The summed E-state index contributed by atoms with van der Waals surface area (Å²) in [6, 6.07) is 6.93. The van der Waals surface area contributed by atoms with Crippen molar-refractivity contribution in [3.8, 4) is 0 Å². The summed E-state index contributed by atoms with van der Waals surface area (Å²) in [5.74, 6) is -0.156. The van der Waals surface area contributed by atoms with Crippen LogP contribution in [-0.2, 0) is 11.3 Å². The van der Waals surface area contributed by atoms with Crippen molar-refractivity contribution < 1.29 is 9.13 Å².